The highest BCUT2D eigenvalue weighted by atomic mass is 32.1. The van der Waals surface area contributed by atoms with E-state index in [1.165, 1.54) is 29.7 Å². The van der Waals surface area contributed by atoms with E-state index in [-0.39, 0.29) is 24.1 Å². The molecule has 1 unspecified atom stereocenters. The fourth-order valence-corrected chi connectivity index (χ4v) is 3.24. The zero-order valence-corrected chi connectivity index (χ0v) is 15.5. The van der Waals surface area contributed by atoms with Gasteiger partial charge in [-0.1, -0.05) is 31.2 Å². The van der Waals surface area contributed by atoms with Crippen molar-refractivity contribution in [1.29, 1.82) is 0 Å². The third kappa shape index (κ3) is 4.95. The molecule has 0 spiro atoms. The van der Waals surface area contributed by atoms with Crippen molar-refractivity contribution in [2.24, 2.45) is 10.9 Å². The lowest BCUT2D eigenvalue weighted by Gasteiger charge is -2.09. The van der Waals surface area contributed by atoms with Crippen LogP contribution in [-0.2, 0) is 27.2 Å². The summed E-state index contributed by atoms with van der Waals surface area (Å²) in [4.78, 5) is 43.3. The highest BCUT2D eigenvalue weighted by molar-refractivity contribution is 7.14. The third-order valence-electron chi connectivity index (χ3n) is 3.91. The Morgan fingerprint density at radius 1 is 1.22 bits per heavy atom. The molecule has 0 bridgehead atoms. The van der Waals surface area contributed by atoms with E-state index >= 15 is 0 Å². The number of carbonyl (C=O) groups excluding carboxylic acids is 3. The Hall–Kier alpha value is -3.13. The number of dihydropyridines is 1. The van der Waals surface area contributed by atoms with Gasteiger partial charge in [0.1, 0.15) is 0 Å². The van der Waals surface area contributed by atoms with Gasteiger partial charge in [0.05, 0.1) is 18.0 Å². The lowest BCUT2D eigenvalue weighted by Crippen LogP contribution is -2.24. The number of para-hydroxylation sites is 1. The van der Waals surface area contributed by atoms with Gasteiger partial charge < -0.3 is 10.6 Å². The number of nitrogens with one attached hydrogen (secondary N) is 2. The van der Waals surface area contributed by atoms with Crippen LogP contribution in [0.4, 0.5) is 10.8 Å². The Balaban J connectivity index is 1.57. The smallest absolute Gasteiger partial charge is 0.269 e. The Labute approximate surface area is 160 Å². The minimum atomic E-state index is -0.608. The summed E-state index contributed by atoms with van der Waals surface area (Å²) in [5, 5.41) is 7.70. The van der Waals surface area contributed by atoms with Crippen LogP contribution < -0.4 is 10.6 Å². The maximum atomic E-state index is 12.3. The van der Waals surface area contributed by atoms with E-state index in [4.69, 9.17) is 0 Å². The SMILES string of the molecule is CCc1ccccc1NC(=O)Cc1csc(NC(=O)C2C=CC(=O)N=C2)n1. The summed E-state index contributed by atoms with van der Waals surface area (Å²) in [6.45, 7) is 2.03. The molecule has 2 N–H and O–H groups in total. The Kier molecular flexibility index (Phi) is 5.87. The van der Waals surface area contributed by atoms with Crippen molar-refractivity contribution in [3.63, 3.8) is 0 Å². The molecule has 2 aromatic rings. The number of hydrogen-bond donors (Lipinski definition) is 2. The molecular weight excluding hydrogens is 364 g/mol. The third-order valence-corrected chi connectivity index (χ3v) is 4.71. The number of aromatic nitrogens is 1. The van der Waals surface area contributed by atoms with Gasteiger partial charge in [-0.2, -0.15) is 0 Å². The van der Waals surface area contributed by atoms with E-state index in [0.29, 0.717) is 10.8 Å². The van der Waals surface area contributed by atoms with Crippen molar-refractivity contribution in [3.8, 4) is 0 Å². The molecule has 8 heteroatoms. The van der Waals surface area contributed by atoms with Crippen LogP contribution in [0.1, 0.15) is 18.2 Å². The van der Waals surface area contributed by atoms with Gasteiger partial charge in [0, 0.05) is 23.4 Å². The lowest BCUT2D eigenvalue weighted by atomic mass is 10.1. The number of anilines is 2. The van der Waals surface area contributed by atoms with E-state index in [1.54, 1.807) is 5.38 Å². The number of benzene rings is 1. The van der Waals surface area contributed by atoms with Crippen molar-refractivity contribution in [3.05, 3.63) is 53.1 Å². The van der Waals surface area contributed by atoms with Gasteiger partial charge in [0.25, 0.3) is 5.91 Å². The number of hydrogen-bond acceptors (Lipinski definition) is 5. The van der Waals surface area contributed by atoms with Gasteiger partial charge >= 0.3 is 0 Å². The molecule has 0 aliphatic carbocycles. The standard InChI is InChI=1S/C19H18N4O3S/c1-2-12-5-3-4-6-15(12)22-17(25)9-14-11-27-19(21-14)23-18(26)13-7-8-16(24)20-10-13/h3-8,10-11,13H,2,9H2,1H3,(H,22,25)(H,21,23,26). The summed E-state index contributed by atoms with van der Waals surface area (Å²) in [5.41, 5.74) is 2.44. The first-order valence-electron chi connectivity index (χ1n) is 8.44. The average molecular weight is 382 g/mol. The summed E-state index contributed by atoms with van der Waals surface area (Å²) in [6, 6.07) is 7.66. The summed E-state index contributed by atoms with van der Waals surface area (Å²) in [6.07, 6.45) is 4.98. The summed E-state index contributed by atoms with van der Waals surface area (Å²) in [7, 11) is 0. The van der Waals surface area contributed by atoms with Crippen LogP contribution in [0.5, 0.6) is 0 Å². The first kappa shape index (κ1) is 18.7. The Morgan fingerprint density at radius 3 is 2.78 bits per heavy atom. The number of carbonyl (C=O) groups is 3. The van der Waals surface area contributed by atoms with Crippen molar-refractivity contribution in [1.82, 2.24) is 4.98 Å². The predicted octanol–water partition coefficient (Wildman–Crippen LogP) is 2.61. The van der Waals surface area contributed by atoms with Crippen molar-refractivity contribution < 1.29 is 14.4 Å². The Morgan fingerprint density at radius 2 is 2.04 bits per heavy atom. The Bertz CT molecular complexity index is 917. The molecule has 1 aromatic heterocycles. The minimum Gasteiger partial charge on any atom is -0.325 e. The monoisotopic (exact) mass is 382 g/mol. The number of aryl methyl sites for hydroxylation is 1. The molecule has 27 heavy (non-hydrogen) atoms. The molecule has 138 valence electrons. The van der Waals surface area contributed by atoms with E-state index in [1.807, 2.05) is 31.2 Å². The van der Waals surface area contributed by atoms with E-state index in [9.17, 15) is 14.4 Å². The second kappa shape index (κ2) is 8.50. The first-order chi connectivity index (χ1) is 13.0. The second-order valence-electron chi connectivity index (χ2n) is 5.87. The molecule has 1 aromatic carbocycles. The van der Waals surface area contributed by atoms with Gasteiger partial charge in [-0.25, -0.2) is 9.98 Å². The average Bonchev–Trinajstić information content (AvgIpc) is 3.09. The fraction of sp³-hybridized carbons (Fsp3) is 0.211. The maximum Gasteiger partial charge on any atom is 0.269 e. The van der Waals surface area contributed by atoms with Crippen molar-refractivity contribution >= 4 is 46.1 Å². The quantitative estimate of drug-likeness (QED) is 0.802. The summed E-state index contributed by atoms with van der Waals surface area (Å²) < 4.78 is 0. The molecule has 3 rings (SSSR count). The van der Waals surface area contributed by atoms with Gasteiger partial charge in [0.15, 0.2) is 5.13 Å². The van der Waals surface area contributed by atoms with Gasteiger partial charge in [0.2, 0.25) is 11.8 Å². The molecule has 1 aliphatic rings. The van der Waals surface area contributed by atoms with Crippen molar-refractivity contribution in [2.45, 2.75) is 19.8 Å². The maximum absolute atomic E-state index is 12.3. The highest BCUT2D eigenvalue weighted by Gasteiger charge is 2.18. The van der Waals surface area contributed by atoms with Crippen LogP contribution in [-0.4, -0.2) is 28.9 Å². The fourth-order valence-electron chi connectivity index (χ4n) is 2.53. The minimum absolute atomic E-state index is 0.115. The van der Waals surface area contributed by atoms with Gasteiger partial charge in [-0.05, 0) is 18.1 Å². The number of rotatable bonds is 6. The molecule has 0 saturated heterocycles. The van der Waals surface area contributed by atoms with E-state index in [2.05, 4.69) is 20.6 Å². The van der Waals surface area contributed by atoms with Crippen LogP contribution in [0.15, 0.2) is 46.8 Å². The zero-order valence-electron chi connectivity index (χ0n) is 14.6. The van der Waals surface area contributed by atoms with Crippen LogP contribution in [0.2, 0.25) is 0 Å². The summed E-state index contributed by atoms with van der Waals surface area (Å²) in [5.74, 6) is -1.49. The molecule has 3 amide bonds. The number of thiazole rings is 1. The highest BCUT2D eigenvalue weighted by Crippen LogP contribution is 2.19. The molecular formula is C19H18N4O3S. The van der Waals surface area contributed by atoms with Crippen LogP contribution in [0.25, 0.3) is 0 Å². The van der Waals surface area contributed by atoms with Gasteiger partial charge in [-0.15, -0.1) is 11.3 Å². The second-order valence-corrected chi connectivity index (χ2v) is 6.73. The molecule has 2 heterocycles. The molecule has 7 nitrogen and oxygen atoms in total. The largest absolute Gasteiger partial charge is 0.325 e. The molecule has 0 radical (unpaired) electrons. The van der Waals surface area contributed by atoms with Crippen LogP contribution in [0, 0.1) is 5.92 Å². The van der Waals surface area contributed by atoms with E-state index < -0.39 is 5.92 Å². The van der Waals surface area contributed by atoms with Crippen LogP contribution >= 0.6 is 11.3 Å². The number of amides is 3. The number of aliphatic imine (C=N–C) groups is 1. The number of nitrogens with zero attached hydrogens (tertiary/aromatic N) is 2. The normalized spacial score (nSPS) is 15.6. The lowest BCUT2D eigenvalue weighted by molar-refractivity contribution is -0.117. The molecule has 0 saturated carbocycles. The topological polar surface area (TPSA) is 101 Å². The predicted molar refractivity (Wildman–Crippen MR) is 105 cm³/mol. The zero-order chi connectivity index (χ0) is 19.2. The van der Waals surface area contributed by atoms with Gasteiger partial charge in [-0.3, -0.25) is 14.4 Å². The van der Waals surface area contributed by atoms with Crippen LogP contribution in [0.3, 0.4) is 0 Å². The summed E-state index contributed by atoms with van der Waals surface area (Å²) >= 11 is 1.24. The van der Waals surface area contributed by atoms with E-state index in [0.717, 1.165) is 17.7 Å². The molecule has 1 atom stereocenters. The molecule has 0 fully saturated rings. The molecule has 1 aliphatic heterocycles. The van der Waals surface area contributed by atoms with Crippen molar-refractivity contribution in [2.75, 3.05) is 10.6 Å². The first-order valence-corrected chi connectivity index (χ1v) is 9.32.